The molecule has 0 aliphatic carbocycles. The molecular formula is C21H21As+. The first kappa shape index (κ1) is 15.1. The Morgan fingerprint density at radius 2 is 0.636 bits per heavy atom. The fraction of sp³-hybridized carbons (Fsp3) is 0.143. The predicted octanol–water partition coefficient (Wildman–Crippen LogP) is 3.13. The molecule has 0 atom stereocenters. The van der Waals surface area contributed by atoms with Gasteiger partial charge >= 0.3 is 138 Å². The first-order valence-electron chi connectivity index (χ1n) is 7.63. The summed E-state index contributed by atoms with van der Waals surface area (Å²) in [5.41, 5.74) is 3.97. The van der Waals surface area contributed by atoms with Gasteiger partial charge < -0.3 is 0 Å². The molecule has 109 valence electrons. The fourth-order valence-corrected chi connectivity index (χ4v) is 7.22. The van der Waals surface area contributed by atoms with Gasteiger partial charge in [0.1, 0.15) is 0 Å². The molecule has 22 heavy (non-hydrogen) atoms. The van der Waals surface area contributed by atoms with Crippen molar-refractivity contribution in [2.24, 2.45) is 0 Å². The van der Waals surface area contributed by atoms with Crippen LogP contribution in [0, 0.1) is 20.8 Å². The van der Waals surface area contributed by atoms with Gasteiger partial charge in [0.2, 0.25) is 0 Å². The Hall–Kier alpha value is -1.78. The Kier molecular flexibility index (Phi) is 4.50. The monoisotopic (exact) mass is 348 g/mol. The van der Waals surface area contributed by atoms with Crippen molar-refractivity contribution >= 4 is 27.7 Å². The van der Waals surface area contributed by atoms with Crippen LogP contribution in [0.4, 0.5) is 0 Å². The van der Waals surface area contributed by atoms with Gasteiger partial charge in [0.15, 0.2) is 0 Å². The average molecular weight is 348 g/mol. The molecule has 0 nitrogen and oxygen atoms in total. The molecule has 1 heteroatoms. The van der Waals surface area contributed by atoms with E-state index in [0.717, 1.165) is 0 Å². The number of benzene rings is 3. The summed E-state index contributed by atoms with van der Waals surface area (Å²) < 4.78 is 4.47. The fourth-order valence-electron chi connectivity index (χ4n) is 2.53. The van der Waals surface area contributed by atoms with E-state index >= 15 is 0 Å². The summed E-state index contributed by atoms with van der Waals surface area (Å²) in [7, 11) is 0. The van der Waals surface area contributed by atoms with Gasteiger partial charge in [-0.1, -0.05) is 0 Å². The molecule has 0 N–H and O–H groups in total. The standard InChI is InChI=1S/C21H21As/c1-16-4-10-19(11-5-16)22(20-12-6-17(2)7-13-20)21-14-8-18(3)9-15-21/h4-15H,1-3H3/q+1. The maximum atomic E-state index is 2.31. The molecule has 0 saturated carbocycles. The Morgan fingerprint density at radius 1 is 0.409 bits per heavy atom. The van der Waals surface area contributed by atoms with Gasteiger partial charge in [0.25, 0.3) is 0 Å². The van der Waals surface area contributed by atoms with Gasteiger partial charge in [0, 0.05) is 0 Å². The van der Waals surface area contributed by atoms with E-state index in [0.29, 0.717) is 0 Å². The molecule has 0 heterocycles. The van der Waals surface area contributed by atoms with Gasteiger partial charge in [-0.15, -0.1) is 0 Å². The third kappa shape index (κ3) is 3.34. The minimum absolute atomic E-state index is 1.32. The summed E-state index contributed by atoms with van der Waals surface area (Å²) in [6, 6.07) is 27.3. The zero-order valence-electron chi connectivity index (χ0n) is 13.4. The van der Waals surface area contributed by atoms with E-state index in [9.17, 15) is 0 Å². The summed E-state index contributed by atoms with van der Waals surface area (Å²) in [4.78, 5) is 0. The molecule has 3 aromatic carbocycles. The summed E-state index contributed by atoms with van der Waals surface area (Å²) in [6.45, 7) is 6.45. The third-order valence-electron chi connectivity index (χ3n) is 3.88. The van der Waals surface area contributed by atoms with E-state index in [1.807, 2.05) is 0 Å². The number of rotatable bonds is 3. The first-order valence-corrected chi connectivity index (χ1v) is 10.4. The van der Waals surface area contributed by atoms with E-state index in [4.69, 9.17) is 0 Å². The quantitative estimate of drug-likeness (QED) is 0.638. The Bertz CT molecular complexity index is 629. The van der Waals surface area contributed by atoms with Crippen LogP contribution in [0.5, 0.6) is 0 Å². The molecule has 0 amide bonds. The van der Waals surface area contributed by atoms with Crippen LogP contribution in [-0.4, -0.2) is 14.7 Å². The molecule has 0 bridgehead atoms. The Morgan fingerprint density at radius 3 is 0.864 bits per heavy atom. The van der Waals surface area contributed by atoms with Crippen LogP contribution in [0.15, 0.2) is 72.8 Å². The predicted molar refractivity (Wildman–Crippen MR) is 98.2 cm³/mol. The van der Waals surface area contributed by atoms with Gasteiger partial charge in [-0.05, 0) is 0 Å². The van der Waals surface area contributed by atoms with Crippen LogP contribution in [0.1, 0.15) is 16.7 Å². The van der Waals surface area contributed by atoms with Gasteiger partial charge in [-0.25, -0.2) is 0 Å². The van der Waals surface area contributed by atoms with Gasteiger partial charge in [-0.2, -0.15) is 0 Å². The Balaban J connectivity index is 2.10. The second-order valence-corrected chi connectivity index (χ2v) is 10.5. The van der Waals surface area contributed by atoms with Crippen LogP contribution in [-0.2, 0) is 0 Å². The molecule has 0 aliphatic heterocycles. The summed E-state index contributed by atoms with van der Waals surface area (Å²) in [5.74, 6) is 0. The van der Waals surface area contributed by atoms with Crippen LogP contribution < -0.4 is 13.1 Å². The second-order valence-electron chi connectivity index (χ2n) is 5.84. The zero-order chi connectivity index (χ0) is 15.5. The van der Waals surface area contributed by atoms with Gasteiger partial charge in [0.05, 0.1) is 0 Å². The van der Waals surface area contributed by atoms with Crippen molar-refractivity contribution in [1.82, 2.24) is 0 Å². The second kappa shape index (κ2) is 6.55. The topological polar surface area (TPSA) is 0 Å². The third-order valence-corrected chi connectivity index (χ3v) is 9.00. The van der Waals surface area contributed by atoms with Crippen molar-refractivity contribution in [2.45, 2.75) is 20.8 Å². The molecule has 0 saturated heterocycles. The molecule has 0 aromatic heterocycles. The SMILES string of the molecule is Cc1ccc([As+](c2ccc(C)cc2)c2ccc(C)cc2)cc1. The molecule has 0 unspecified atom stereocenters. The van der Waals surface area contributed by atoms with E-state index in [1.165, 1.54) is 29.7 Å². The van der Waals surface area contributed by atoms with Gasteiger partial charge in [-0.3, -0.25) is 0 Å². The molecule has 0 fully saturated rings. The van der Waals surface area contributed by atoms with E-state index < -0.39 is 14.7 Å². The molecule has 3 aromatic rings. The van der Waals surface area contributed by atoms with E-state index in [1.54, 1.807) is 0 Å². The van der Waals surface area contributed by atoms with E-state index in [-0.39, 0.29) is 0 Å². The maximum absolute atomic E-state index is 2.31. The molecule has 0 aliphatic rings. The Labute approximate surface area is 138 Å². The van der Waals surface area contributed by atoms with Crippen LogP contribution >= 0.6 is 0 Å². The molecule has 3 rings (SSSR count). The van der Waals surface area contributed by atoms with Crippen molar-refractivity contribution in [3.8, 4) is 0 Å². The molecular weight excluding hydrogens is 327 g/mol. The average Bonchev–Trinajstić information content (AvgIpc) is 2.53. The minimum atomic E-state index is -1.45. The number of hydrogen-bond acceptors (Lipinski definition) is 0. The summed E-state index contributed by atoms with van der Waals surface area (Å²) >= 11 is -1.45. The van der Waals surface area contributed by atoms with Crippen LogP contribution in [0.25, 0.3) is 0 Å². The number of aryl methyl sites for hydroxylation is 3. The van der Waals surface area contributed by atoms with Crippen molar-refractivity contribution in [2.75, 3.05) is 0 Å². The molecule has 0 spiro atoms. The van der Waals surface area contributed by atoms with Crippen LogP contribution in [0.3, 0.4) is 0 Å². The van der Waals surface area contributed by atoms with Crippen molar-refractivity contribution in [1.29, 1.82) is 0 Å². The normalized spacial score (nSPS) is 10.9. The zero-order valence-corrected chi connectivity index (χ0v) is 15.3. The molecule has 1 radical (unpaired) electrons. The van der Waals surface area contributed by atoms with Crippen LogP contribution in [0.2, 0.25) is 0 Å². The number of hydrogen-bond donors (Lipinski definition) is 0. The summed E-state index contributed by atoms with van der Waals surface area (Å²) in [5, 5.41) is 0. The van der Waals surface area contributed by atoms with Crippen molar-refractivity contribution in [3.63, 3.8) is 0 Å². The first-order chi connectivity index (χ1) is 10.6. The van der Waals surface area contributed by atoms with E-state index in [2.05, 4.69) is 93.6 Å². The van der Waals surface area contributed by atoms with Crippen molar-refractivity contribution < 1.29 is 0 Å². The summed E-state index contributed by atoms with van der Waals surface area (Å²) in [6.07, 6.45) is 0. The van der Waals surface area contributed by atoms with Crippen molar-refractivity contribution in [3.05, 3.63) is 89.5 Å².